The lowest BCUT2D eigenvalue weighted by Gasteiger charge is -2.19. The summed E-state index contributed by atoms with van der Waals surface area (Å²) in [6.07, 6.45) is 1.50. The van der Waals surface area contributed by atoms with Gasteiger partial charge in [-0.25, -0.2) is 4.98 Å². The number of hydrogen-bond acceptors (Lipinski definition) is 5. The van der Waals surface area contributed by atoms with E-state index in [9.17, 15) is 0 Å². The first-order valence-corrected chi connectivity index (χ1v) is 7.17. The van der Waals surface area contributed by atoms with Crippen LogP contribution in [-0.2, 0) is 0 Å². The number of aryl methyl sites for hydroxylation is 2. The molecule has 0 unspecified atom stereocenters. The topological polar surface area (TPSA) is 64.3 Å². The molecule has 0 saturated carbocycles. The van der Waals surface area contributed by atoms with Crippen molar-refractivity contribution in [3.8, 4) is 5.75 Å². The van der Waals surface area contributed by atoms with E-state index < -0.39 is 0 Å². The van der Waals surface area contributed by atoms with E-state index in [1.54, 1.807) is 11.6 Å². The molecule has 0 aliphatic heterocycles. The van der Waals surface area contributed by atoms with Crippen LogP contribution in [0.2, 0.25) is 0 Å². The minimum atomic E-state index is 0.0593. The summed E-state index contributed by atoms with van der Waals surface area (Å²) in [5.41, 5.74) is 3.19. The van der Waals surface area contributed by atoms with Crippen LogP contribution in [0.15, 0.2) is 30.6 Å². The molecule has 6 nitrogen and oxygen atoms in total. The quantitative estimate of drug-likeness (QED) is 0.802. The Morgan fingerprint density at radius 1 is 1.23 bits per heavy atom. The van der Waals surface area contributed by atoms with Crippen molar-refractivity contribution in [2.24, 2.45) is 0 Å². The molecule has 0 saturated heterocycles. The van der Waals surface area contributed by atoms with Gasteiger partial charge in [-0.1, -0.05) is 17.7 Å². The van der Waals surface area contributed by atoms with Gasteiger partial charge >= 0.3 is 0 Å². The van der Waals surface area contributed by atoms with Crippen molar-refractivity contribution in [1.29, 1.82) is 0 Å². The number of benzene rings is 1. The standard InChI is InChI=1S/C16H19N5O/c1-10-5-6-14(22-4)13(7-10)12(3)20-15-8-11(2)19-16-17-9-18-21(15)16/h5-9,12,20H,1-4H3/t12-/m0/s1. The third-order valence-electron chi connectivity index (χ3n) is 3.60. The number of nitrogens with one attached hydrogen (secondary N) is 1. The number of methoxy groups -OCH3 is 1. The zero-order valence-electron chi connectivity index (χ0n) is 13.2. The molecule has 3 aromatic rings. The molecule has 0 radical (unpaired) electrons. The molecule has 1 N–H and O–H groups in total. The van der Waals surface area contributed by atoms with Gasteiger partial charge in [0, 0.05) is 17.3 Å². The number of fused-ring (bicyclic) bond motifs is 1. The zero-order chi connectivity index (χ0) is 15.7. The molecule has 0 fully saturated rings. The Bertz CT molecular complexity index is 811. The highest BCUT2D eigenvalue weighted by Crippen LogP contribution is 2.28. The van der Waals surface area contributed by atoms with E-state index in [1.165, 1.54) is 11.9 Å². The van der Waals surface area contributed by atoms with Crippen molar-refractivity contribution in [2.75, 3.05) is 12.4 Å². The summed E-state index contributed by atoms with van der Waals surface area (Å²) in [6.45, 7) is 6.11. The minimum absolute atomic E-state index is 0.0593. The second-order valence-electron chi connectivity index (χ2n) is 5.37. The lowest BCUT2D eigenvalue weighted by Crippen LogP contribution is -2.12. The van der Waals surface area contributed by atoms with Gasteiger partial charge in [0.15, 0.2) is 0 Å². The van der Waals surface area contributed by atoms with Gasteiger partial charge in [0.25, 0.3) is 5.78 Å². The average Bonchev–Trinajstić information content (AvgIpc) is 2.95. The van der Waals surface area contributed by atoms with Crippen LogP contribution in [0.4, 0.5) is 5.82 Å². The lowest BCUT2D eigenvalue weighted by molar-refractivity contribution is 0.407. The molecule has 0 amide bonds. The molecule has 3 rings (SSSR count). The summed E-state index contributed by atoms with van der Waals surface area (Å²) in [5, 5.41) is 7.69. The van der Waals surface area contributed by atoms with E-state index in [0.29, 0.717) is 5.78 Å². The molecular weight excluding hydrogens is 278 g/mol. The van der Waals surface area contributed by atoms with Crippen molar-refractivity contribution in [3.05, 3.63) is 47.4 Å². The minimum Gasteiger partial charge on any atom is -0.496 e. The molecule has 2 aromatic heterocycles. The van der Waals surface area contributed by atoms with Gasteiger partial charge in [0.1, 0.15) is 17.9 Å². The van der Waals surface area contributed by atoms with Crippen molar-refractivity contribution >= 4 is 11.6 Å². The lowest BCUT2D eigenvalue weighted by atomic mass is 10.0. The molecule has 0 aliphatic rings. The van der Waals surface area contributed by atoms with Gasteiger partial charge in [0.05, 0.1) is 13.2 Å². The summed E-state index contributed by atoms with van der Waals surface area (Å²) in [4.78, 5) is 8.49. The normalized spacial score (nSPS) is 12.4. The molecule has 0 spiro atoms. The summed E-state index contributed by atoms with van der Waals surface area (Å²) in [5.74, 6) is 2.31. The smallest absolute Gasteiger partial charge is 0.254 e. The summed E-state index contributed by atoms with van der Waals surface area (Å²) < 4.78 is 7.17. The van der Waals surface area contributed by atoms with E-state index in [-0.39, 0.29) is 6.04 Å². The van der Waals surface area contributed by atoms with Crippen LogP contribution in [0.5, 0.6) is 5.75 Å². The third kappa shape index (κ3) is 2.59. The second-order valence-corrected chi connectivity index (χ2v) is 5.37. The number of hydrogen-bond donors (Lipinski definition) is 1. The van der Waals surface area contributed by atoms with Gasteiger partial charge in [0.2, 0.25) is 0 Å². The Kier molecular flexibility index (Phi) is 3.66. The van der Waals surface area contributed by atoms with Crippen LogP contribution >= 0.6 is 0 Å². The van der Waals surface area contributed by atoms with Crippen molar-refractivity contribution < 1.29 is 4.74 Å². The fourth-order valence-corrected chi connectivity index (χ4v) is 2.53. The van der Waals surface area contributed by atoms with Crippen LogP contribution < -0.4 is 10.1 Å². The molecule has 0 bridgehead atoms. The van der Waals surface area contributed by atoms with Crippen molar-refractivity contribution in [1.82, 2.24) is 19.6 Å². The molecular formula is C16H19N5O. The highest BCUT2D eigenvalue weighted by Gasteiger charge is 2.14. The number of nitrogens with zero attached hydrogens (tertiary/aromatic N) is 4. The summed E-state index contributed by atoms with van der Waals surface area (Å²) >= 11 is 0. The first-order valence-electron chi connectivity index (χ1n) is 7.17. The predicted molar refractivity (Wildman–Crippen MR) is 85.3 cm³/mol. The third-order valence-corrected chi connectivity index (χ3v) is 3.60. The maximum atomic E-state index is 5.47. The molecule has 0 aliphatic carbocycles. The Morgan fingerprint density at radius 2 is 2.05 bits per heavy atom. The van der Waals surface area contributed by atoms with E-state index >= 15 is 0 Å². The van der Waals surface area contributed by atoms with Gasteiger partial charge in [-0.3, -0.25) is 0 Å². The van der Waals surface area contributed by atoms with Crippen LogP contribution in [0, 0.1) is 13.8 Å². The van der Waals surface area contributed by atoms with Crippen LogP contribution in [-0.4, -0.2) is 26.7 Å². The maximum absolute atomic E-state index is 5.47. The van der Waals surface area contributed by atoms with Gasteiger partial charge in [-0.05, 0) is 26.8 Å². The Hall–Kier alpha value is -2.63. The summed E-state index contributed by atoms with van der Waals surface area (Å²) in [7, 11) is 1.69. The molecule has 6 heteroatoms. The molecule has 1 atom stereocenters. The van der Waals surface area contributed by atoms with Gasteiger partial charge < -0.3 is 10.1 Å². The predicted octanol–water partition coefficient (Wildman–Crippen LogP) is 2.92. The van der Waals surface area contributed by atoms with E-state index in [4.69, 9.17) is 4.74 Å². The highest BCUT2D eigenvalue weighted by atomic mass is 16.5. The van der Waals surface area contributed by atoms with Crippen LogP contribution in [0.1, 0.15) is 29.8 Å². The number of rotatable bonds is 4. The largest absolute Gasteiger partial charge is 0.496 e. The number of ether oxygens (including phenoxy) is 1. The second kappa shape index (κ2) is 5.63. The van der Waals surface area contributed by atoms with Gasteiger partial charge in [-0.15, -0.1) is 0 Å². The molecule has 114 valence electrons. The fraction of sp³-hybridized carbons (Fsp3) is 0.312. The van der Waals surface area contributed by atoms with E-state index in [0.717, 1.165) is 22.8 Å². The monoisotopic (exact) mass is 297 g/mol. The maximum Gasteiger partial charge on any atom is 0.254 e. The number of anilines is 1. The highest BCUT2D eigenvalue weighted by molar-refractivity contribution is 5.48. The Morgan fingerprint density at radius 3 is 2.82 bits per heavy atom. The summed E-state index contributed by atoms with van der Waals surface area (Å²) in [6, 6.07) is 8.18. The first kappa shape index (κ1) is 14.3. The zero-order valence-corrected chi connectivity index (χ0v) is 13.2. The Balaban J connectivity index is 1.98. The van der Waals surface area contributed by atoms with Crippen molar-refractivity contribution in [2.45, 2.75) is 26.8 Å². The van der Waals surface area contributed by atoms with E-state index in [2.05, 4.69) is 40.3 Å². The van der Waals surface area contributed by atoms with Gasteiger partial charge in [-0.2, -0.15) is 14.6 Å². The molecule has 2 heterocycles. The fourth-order valence-electron chi connectivity index (χ4n) is 2.53. The van der Waals surface area contributed by atoms with Crippen molar-refractivity contribution in [3.63, 3.8) is 0 Å². The van der Waals surface area contributed by atoms with Crippen LogP contribution in [0.3, 0.4) is 0 Å². The SMILES string of the molecule is COc1ccc(C)cc1[C@H](C)Nc1cc(C)nc2ncnn12. The average molecular weight is 297 g/mol. The Labute approximate surface area is 129 Å². The first-order chi connectivity index (χ1) is 10.6. The molecule has 1 aromatic carbocycles. The number of aromatic nitrogens is 4. The van der Waals surface area contributed by atoms with Crippen LogP contribution in [0.25, 0.3) is 5.78 Å². The molecule has 22 heavy (non-hydrogen) atoms. The van der Waals surface area contributed by atoms with E-state index in [1.807, 2.05) is 25.1 Å².